The van der Waals surface area contributed by atoms with Gasteiger partial charge in [0.1, 0.15) is 5.75 Å². The van der Waals surface area contributed by atoms with Crippen molar-refractivity contribution < 1.29 is 9.53 Å². The fourth-order valence-electron chi connectivity index (χ4n) is 2.18. The standard InChI is InChI=1S/C17H23N3O2S2/c1-5-7-23-17-20-19-16(24-17)18-15(21)14(6-2)22-13-9-11(3)8-12(4)10-13/h8-10,14H,5-7H2,1-4H3,(H,18,19,21)/t14-/m1/s1. The van der Waals surface area contributed by atoms with Crippen molar-refractivity contribution in [2.24, 2.45) is 0 Å². The Labute approximate surface area is 151 Å². The van der Waals surface area contributed by atoms with Crippen molar-refractivity contribution >= 4 is 34.1 Å². The van der Waals surface area contributed by atoms with Crippen LogP contribution in [-0.2, 0) is 4.79 Å². The van der Waals surface area contributed by atoms with Crippen molar-refractivity contribution in [2.45, 2.75) is 51.0 Å². The number of nitrogens with one attached hydrogen (secondary N) is 1. The third-order valence-electron chi connectivity index (χ3n) is 3.20. The number of nitrogens with zero attached hydrogens (tertiary/aromatic N) is 2. The molecule has 0 radical (unpaired) electrons. The van der Waals surface area contributed by atoms with Crippen molar-refractivity contribution in [3.8, 4) is 5.75 Å². The number of ether oxygens (including phenoxy) is 1. The lowest BCUT2D eigenvalue weighted by molar-refractivity contribution is -0.122. The lowest BCUT2D eigenvalue weighted by Gasteiger charge is -2.17. The zero-order valence-electron chi connectivity index (χ0n) is 14.5. The Balaban J connectivity index is 1.99. The molecule has 2 rings (SSSR count). The minimum Gasteiger partial charge on any atom is -0.481 e. The molecular formula is C17H23N3O2S2. The molecule has 1 heterocycles. The number of benzene rings is 1. The van der Waals surface area contributed by atoms with Crippen molar-refractivity contribution in [1.29, 1.82) is 0 Å². The summed E-state index contributed by atoms with van der Waals surface area (Å²) in [5.41, 5.74) is 2.23. The zero-order chi connectivity index (χ0) is 17.5. The predicted octanol–water partition coefficient (Wildman–Crippen LogP) is 4.45. The van der Waals surface area contributed by atoms with E-state index in [-0.39, 0.29) is 5.91 Å². The molecule has 130 valence electrons. The number of aromatic nitrogens is 2. The van der Waals surface area contributed by atoms with E-state index in [4.69, 9.17) is 4.74 Å². The van der Waals surface area contributed by atoms with E-state index in [2.05, 4.69) is 28.5 Å². The largest absolute Gasteiger partial charge is 0.481 e. The van der Waals surface area contributed by atoms with E-state index >= 15 is 0 Å². The first-order valence-corrected chi connectivity index (χ1v) is 9.84. The maximum absolute atomic E-state index is 12.4. The van der Waals surface area contributed by atoms with E-state index < -0.39 is 6.10 Å². The Hall–Kier alpha value is -1.60. The summed E-state index contributed by atoms with van der Waals surface area (Å²) < 4.78 is 6.74. The van der Waals surface area contributed by atoms with Gasteiger partial charge < -0.3 is 4.74 Å². The van der Waals surface area contributed by atoms with Crippen LogP contribution in [0.25, 0.3) is 0 Å². The van der Waals surface area contributed by atoms with Crippen LogP contribution in [-0.4, -0.2) is 28.0 Å². The summed E-state index contributed by atoms with van der Waals surface area (Å²) in [6.45, 7) is 8.07. The fourth-order valence-corrected chi connectivity index (χ4v) is 3.86. The molecule has 7 heteroatoms. The first-order valence-electron chi connectivity index (χ1n) is 8.04. The molecule has 1 aromatic carbocycles. The summed E-state index contributed by atoms with van der Waals surface area (Å²) >= 11 is 3.04. The fraction of sp³-hybridized carbons (Fsp3) is 0.471. The van der Waals surface area contributed by atoms with Gasteiger partial charge in [-0.2, -0.15) is 0 Å². The number of anilines is 1. The number of amides is 1. The first-order chi connectivity index (χ1) is 11.5. The molecule has 1 N–H and O–H groups in total. The molecule has 0 aliphatic heterocycles. The number of carbonyl (C=O) groups excluding carboxylic acids is 1. The topological polar surface area (TPSA) is 64.1 Å². The Bertz CT molecular complexity index is 668. The summed E-state index contributed by atoms with van der Waals surface area (Å²) in [4.78, 5) is 12.4. The Morgan fingerprint density at radius 2 is 1.96 bits per heavy atom. The summed E-state index contributed by atoms with van der Waals surface area (Å²) in [5, 5.41) is 11.4. The van der Waals surface area contributed by atoms with Gasteiger partial charge in [0.2, 0.25) is 5.13 Å². The molecular weight excluding hydrogens is 342 g/mol. The van der Waals surface area contributed by atoms with Crippen molar-refractivity contribution in [2.75, 3.05) is 11.1 Å². The summed E-state index contributed by atoms with van der Waals surface area (Å²) in [6, 6.07) is 5.95. The number of hydrogen-bond donors (Lipinski definition) is 1. The van der Waals surface area contributed by atoms with Crippen molar-refractivity contribution in [3.05, 3.63) is 29.3 Å². The summed E-state index contributed by atoms with van der Waals surface area (Å²) in [5.74, 6) is 1.52. The molecule has 0 fully saturated rings. The molecule has 24 heavy (non-hydrogen) atoms. The van der Waals surface area contributed by atoms with Gasteiger partial charge in [0, 0.05) is 5.75 Å². The van der Waals surface area contributed by atoms with E-state index in [1.165, 1.54) is 11.3 Å². The third-order valence-corrected chi connectivity index (χ3v) is 5.38. The molecule has 0 spiro atoms. The molecule has 1 atom stereocenters. The Kier molecular flexibility index (Phi) is 7.05. The third kappa shape index (κ3) is 5.49. The van der Waals surface area contributed by atoms with E-state index in [9.17, 15) is 4.79 Å². The lowest BCUT2D eigenvalue weighted by atomic mass is 10.1. The quantitative estimate of drug-likeness (QED) is 0.553. The second kappa shape index (κ2) is 9.03. The van der Waals surface area contributed by atoms with Crippen LogP contribution < -0.4 is 10.1 Å². The van der Waals surface area contributed by atoms with Crippen LogP contribution in [0, 0.1) is 13.8 Å². The number of thioether (sulfide) groups is 1. The van der Waals surface area contributed by atoms with Gasteiger partial charge in [0.25, 0.3) is 5.91 Å². The molecule has 0 unspecified atom stereocenters. The molecule has 2 aromatic rings. The van der Waals surface area contributed by atoms with Gasteiger partial charge in [-0.25, -0.2) is 0 Å². The van der Waals surface area contributed by atoms with Gasteiger partial charge in [0.15, 0.2) is 10.4 Å². The number of hydrogen-bond acceptors (Lipinski definition) is 6. The highest BCUT2D eigenvalue weighted by atomic mass is 32.2. The van der Waals surface area contributed by atoms with Gasteiger partial charge in [-0.05, 0) is 49.9 Å². The monoisotopic (exact) mass is 365 g/mol. The van der Waals surface area contributed by atoms with Crippen molar-refractivity contribution in [3.63, 3.8) is 0 Å². The van der Waals surface area contributed by atoms with E-state index in [1.54, 1.807) is 11.8 Å². The normalized spacial score (nSPS) is 12.0. The minimum atomic E-state index is -0.554. The molecule has 1 amide bonds. The predicted molar refractivity (Wildman–Crippen MR) is 100 cm³/mol. The highest BCUT2D eigenvalue weighted by molar-refractivity contribution is 8.01. The molecule has 5 nitrogen and oxygen atoms in total. The van der Waals surface area contributed by atoms with Crippen LogP contribution >= 0.6 is 23.1 Å². The lowest BCUT2D eigenvalue weighted by Crippen LogP contribution is -2.32. The average Bonchev–Trinajstić information content (AvgIpc) is 2.97. The van der Waals surface area contributed by atoms with E-state index in [1.807, 2.05) is 32.9 Å². The minimum absolute atomic E-state index is 0.195. The van der Waals surface area contributed by atoms with Gasteiger partial charge in [-0.3, -0.25) is 10.1 Å². The van der Waals surface area contributed by atoms with Crippen LogP contribution in [0.2, 0.25) is 0 Å². The second-order valence-corrected chi connectivity index (χ2v) is 7.87. The Morgan fingerprint density at radius 1 is 1.25 bits per heavy atom. The van der Waals surface area contributed by atoms with E-state index in [0.29, 0.717) is 17.3 Å². The van der Waals surface area contributed by atoms with Gasteiger partial charge in [0.05, 0.1) is 0 Å². The number of aryl methyl sites for hydroxylation is 2. The Morgan fingerprint density at radius 3 is 2.58 bits per heavy atom. The summed E-state index contributed by atoms with van der Waals surface area (Å²) in [7, 11) is 0. The molecule has 1 aromatic heterocycles. The molecule has 0 saturated carbocycles. The first kappa shape index (κ1) is 18.7. The SMILES string of the molecule is CCCSc1nnc(NC(=O)[C@@H](CC)Oc2cc(C)cc(C)c2)s1. The van der Waals surface area contributed by atoms with Gasteiger partial charge in [-0.15, -0.1) is 10.2 Å². The molecule has 0 saturated heterocycles. The average molecular weight is 366 g/mol. The van der Waals surface area contributed by atoms with Gasteiger partial charge >= 0.3 is 0 Å². The highest BCUT2D eigenvalue weighted by Crippen LogP contribution is 2.26. The highest BCUT2D eigenvalue weighted by Gasteiger charge is 2.20. The smallest absolute Gasteiger partial charge is 0.267 e. The molecule has 0 aliphatic rings. The second-order valence-electron chi connectivity index (χ2n) is 5.55. The van der Waals surface area contributed by atoms with Crippen LogP contribution in [0.3, 0.4) is 0 Å². The molecule has 0 bridgehead atoms. The maximum Gasteiger partial charge on any atom is 0.267 e. The molecule has 0 aliphatic carbocycles. The number of rotatable bonds is 8. The van der Waals surface area contributed by atoms with E-state index in [0.717, 1.165) is 27.6 Å². The van der Waals surface area contributed by atoms with Crippen LogP contribution in [0.15, 0.2) is 22.5 Å². The van der Waals surface area contributed by atoms with Crippen LogP contribution in [0.4, 0.5) is 5.13 Å². The maximum atomic E-state index is 12.4. The van der Waals surface area contributed by atoms with Gasteiger partial charge in [-0.1, -0.05) is 43.0 Å². The zero-order valence-corrected chi connectivity index (χ0v) is 16.1. The number of carbonyl (C=O) groups is 1. The van der Waals surface area contributed by atoms with Crippen LogP contribution in [0.5, 0.6) is 5.75 Å². The van der Waals surface area contributed by atoms with Crippen LogP contribution in [0.1, 0.15) is 37.8 Å². The van der Waals surface area contributed by atoms with Crippen molar-refractivity contribution in [1.82, 2.24) is 10.2 Å². The summed E-state index contributed by atoms with van der Waals surface area (Å²) in [6.07, 6.45) is 1.10.